The molecule has 18 heavy (non-hydrogen) atoms. The Morgan fingerprint density at radius 2 is 1.78 bits per heavy atom. The van der Waals surface area contributed by atoms with Gasteiger partial charge in [0.2, 0.25) is 0 Å². The summed E-state index contributed by atoms with van der Waals surface area (Å²) < 4.78 is 15.2. The summed E-state index contributed by atoms with van der Waals surface area (Å²) in [4.78, 5) is 0. The fourth-order valence-corrected chi connectivity index (χ4v) is 2.60. The van der Waals surface area contributed by atoms with E-state index in [1.807, 2.05) is 13.8 Å². The van der Waals surface area contributed by atoms with Gasteiger partial charge in [0.15, 0.2) is 0 Å². The van der Waals surface area contributed by atoms with Gasteiger partial charge in [-0.2, -0.15) is 0 Å². The Morgan fingerprint density at radius 1 is 1.22 bits per heavy atom. The van der Waals surface area contributed by atoms with Gasteiger partial charge in [0, 0.05) is 11.4 Å². The summed E-state index contributed by atoms with van der Waals surface area (Å²) in [6.07, 6.45) is 1.95. The lowest BCUT2D eigenvalue weighted by Gasteiger charge is -2.29. The van der Waals surface area contributed by atoms with Crippen LogP contribution in [0.4, 0.5) is 0 Å². The van der Waals surface area contributed by atoms with Crippen molar-refractivity contribution in [3.8, 4) is 0 Å². The van der Waals surface area contributed by atoms with E-state index >= 15 is 0 Å². The van der Waals surface area contributed by atoms with Gasteiger partial charge in [0.25, 0.3) is 0 Å². The van der Waals surface area contributed by atoms with Crippen LogP contribution in [0.3, 0.4) is 0 Å². The first-order valence-corrected chi connectivity index (χ1v) is 7.82. The third-order valence-electron chi connectivity index (χ3n) is 3.53. The van der Waals surface area contributed by atoms with Crippen molar-refractivity contribution in [2.45, 2.75) is 58.2 Å². The molecule has 1 N–H and O–H groups in total. The highest BCUT2D eigenvalue weighted by Gasteiger charge is 2.31. The van der Waals surface area contributed by atoms with Crippen LogP contribution in [0.2, 0.25) is 0 Å². The van der Waals surface area contributed by atoms with Crippen LogP contribution in [0, 0.1) is 0 Å². The Labute approximate surface area is 114 Å². The molecule has 0 spiro atoms. The molecule has 0 unspecified atom stereocenters. The minimum absolute atomic E-state index is 0.113. The maximum Gasteiger partial charge on any atom is 0.139 e. The van der Waals surface area contributed by atoms with Gasteiger partial charge in [-0.25, -0.2) is 0 Å². The third kappa shape index (κ3) is 4.01. The van der Waals surface area contributed by atoms with Crippen molar-refractivity contribution in [2.24, 2.45) is 0 Å². The van der Waals surface area contributed by atoms with Crippen molar-refractivity contribution in [1.82, 2.24) is 4.72 Å². The van der Waals surface area contributed by atoms with E-state index in [-0.39, 0.29) is 10.8 Å². The van der Waals surface area contributed by atoms with Gasteiger partial charge >= 0.3 is 0 Å². The van der Waals surface area contributed by atoms with Crippen molar-refractivity contribution >= 4 is 11.4 Å². The van der Waals surface area contributed by atoms with E-state index in [1.165, 1.54) is 11.1 Å². The minimum Gasteiger partial charge on any atom is -0.598 e. The Bertz CT molecular complexity index is 361. The number of hydrogen-bond acceptors (Lipinski definition) is 2. The van der Waals surface area contributed by atoms with Crippen molar-refractivity contribution < 1.29 is 4.55 Å². The quantitative estimate of drug-likeness (QED) is 0.797. The molecular weight excluding hydrogens is 242 g/mol. The van der Waals surface area contributed by atoms with Gasteiger partial charge in [0.05, 0.1) is 6.04 Å². The second kappa shape index (κ2) is 6.60. The van der Waals surface area contributed by atoms with Crippen molar-refractivity contribution in [3.63, 3.8) is 0 Å². The molecule has 0 amide bonds. The van der Waals surface area contributed by atoms with Crippen LogP contribution in [-0.2, 0) is 17.8 Å². The normalized spacial score (nSPS) is 15.4. The van der Waals surface area contributed by atoms with Crippen LogP contribution >= 0.6 is 0 Å². The first-order valence-electron chi connectivity index (χ1n) is 6.67. The number of hydrogen-bond donors (Lipinski definition) is 1. The van der Waals surface area contributed by atoms with Crippen molar-refractivity contribution in [3.05, 3.63) is 35.4 Å². The highest BCUT2D eigenvalue weighted by molar-refractivity contribution is 7.90. The average Bonchev–Trinajstić information content (AvgIpc) is 2.38. The van der Waals surface area contributed by atoms with E-state index in [0.29, 0.717) is 0 Å². The Morgan fingerprint density at radius 3 is 2.22 bits per heavy atom. The SMILES string of the molecule is CCc1ccc([C@H](C)N[S@@+]([O-])C(C)(C)CC)cc1. The molecule has 0 saturated heterocycles. The summed E-state index contributed by atoms with van der Waals surface area (Å²) in [5.74, 6) is 0. The molecule has 0 heterocycles. The molecule has 3 heteroatoms. The van der Waals surface area contributed by atoms with E-state index in [4.69, 9.17) is 0 Å². The van der Waals surface area contributed by atoms with Crippen LogP contribution in [-0.4, -0.2) is 9.30 Å². The first kappa shape index (κ1) is 15.5. The largest absolute Gasteiger partial charge is 0.598 e. The van der Waals surface area contributed by atoms with Gasteiger partial charge in [-0.3, -0.25) is 0 Å². The topological polar surface area (TPSA) is 35.1 Å². The maximum absolute atomic E-state index is 12.2. The van der Waals surface area contributed by atoms with E-state index in [9.17, 15) is 4.55 Å². The van der Waals surface area contributed by atoms with Crippen LogP contribution in [0.25, 0.3) is 0 Å². The number of benzene rings is 1. The molecule has 2 nitrogen and oxygen atoms in total. The van der Waals surface area contributed by atoms with Gasteiger partial charge in [-0.15, -0.1) is 4.72 Å². The second-order valence-electron chi connectivity index (χ2n) is 5.32. The summed E-state index contributed by atoms with van der Waals surface area (Å²) in [7, 11) is 0. The molecule has 0 bridgehead atoms. The zero-order valence-electron chi connectivity index (χ0n) is 12.1. The summed E-state index contributed by atoms with van der Waals surface area (Å²) in [5, 5.41) is 0. The molecule has 1 rings (SSSR count). The molecule has 2 atom stereocenters. The highest BCUT2D eigenvalue weighted by atomic mass is 32.2. The maximum atomic E-state index is 12.2. The van der Waals surface area contributed by atoms with Crippen LogP contribution < -0.4 is 4.72 Å². The molecule has 0 aliphatic rings. The second-order valence-corrected chi connectivity index (χ2v) is 7.19. The minimum atomic E-state index is -1.02. The zero-order chi connectivity index (χ0) is 13.8. The lowest BCUT2D eigenvalue weighted by Crippen LogP contribution is -2.42. The highest BCUT2D eigenvalue weighted by Crippen LogP contribution is 2.23. The van der Waals surface area contributed by atoms with E-state index in [2.05, 4.69) is 49.8 Å². The molecule has 0 aliphatic carbocycles. The Balaban J connectivity index is 2.67. The molecule has 1 aromatic rings. The lowest BCUT2D eigenvalue weighted by molar-refractivity contribution is 0.512. The lowest BCUT2D eigenvalue weighted by atomic mass is 10.1. The summed E-state index contributed by atoms with van der Waals surface area (Å²) in [6, 6.07) is 8.63. The van der Waals surface area contributed by atoms with Gasteiger partial charge in [-0.05, 0) is 44.7 Å². The fraction of sp³-hybridized carbons (Fsp3) is 0.600. The third-order valence-corrected chi connectivity index (χ3v) is 5.39. The van der Waals surface area contributed by atoms with Crippen molar-refractivity contribution in [2.75, 3.05) is 0 Å². The molecule has 1 aromatic carbocycles. The Kier molecular flexibility index (Phi) is 5.70. The summed E-state index contributed by atoms with van der Waals surface area (Å²) >= 11 is -1.02. The molecule has 102 valence electrons. The van der Waals surface area contributed by atoms with Crippen molar-refractivity contribution in [1.29, 1.82) is 0 Å². The smallest absolute Gasteiger partial charge is 0.139 e. The summed E-state index contributed by atoms with van der Waals surface area (Å²) in [6.45, 7) is 10.3. The van der Waals surface area contributed by atoms with E-state index in [1.54, 1.807) is 0 Å². The van der Waals surface area contributed by atoms with Gasteiger partial charge in [-0.1, -0.05) is 38.1 Å². The molecule has 0 aromatic heterocycles. The molecule has 0 radical (unpaired) electrons. The monoisotopic (exact) mass is 267 g/mol. The number of rotatable bonds is 6. The van der Waals surface area contributed by atoms with Crippen LogP contribution in [0.15, 0.2) is 24.3 Å². The van der Waals surface area contributed by atoms with E-state index < -0.39 is 11.4 Å². The van der Waals surface area contributed by atoms with Gasteiger partial charge < -0.3 is 4.55 Å². The molecule has 0 aliphatic heterocycles. The number of nitrogens with one attached hydrogen (secondary N) is 1. The number of aryl methyl sites for hydroxylation is 1. The Hall–Kier alpha value is -0.510. The summed E-state index contributed by atoms with van der Waals surface area (Å²) in [5.41, 5.74) is 2.52. The van der Waals surface area contributed by atoms with Gasteiger partial charge in [0.1, 0.15) is 4.75 Å². The first-order chi connectivity index (χ1) is 8.40. The van der Waals surface area contributed by atoms with Crippen LogP contribution in [0.1, 0.15) is 58.2 Å². The molecule has 0 fully saturated rings. The van der Waals surface area contributed by atoms with Crippen LogP contribution in [0.5, 0.6) is 0 Å². The van der Waals surface area contributed by atoms with E-state index in [0.717, 1.165) is 12.8 Å². The standard InChI is InChI=1S/C15H25NOS/c1-6-13-8-10-14(11-9-13)12(3)16-18(17)15(4,5)7-2/h8-12,16H,6-7H2,1-5H3/t12-,18-/m0/s1. The zero-order valence-corrected chi connectivity index (χ0v) is 12.9. The predicted octanol–water partition coefficient (Wildman–Crippen LogP) is 3.75. The predicted molar refractivity (Wildman–Crippen MR) is 79.9 cm³/mol. The average molecular weight is 267 g/mol. The molecular formula is C15H25NOS. The molecule has 0 saturated carbocycles. The fourth-order valence-electron chi connectivity index (χ4n) is 1.56.